The highest BCUT2D eigenvalue weighted by Crippen LogP contribution is 2.14. The molecule has 2 amide bonds. The molecule has 0 radical (unpaired) electrons. The Labute approximate surface area is 145 Å². The third kappa shape index (κ3) is 5.56. The van der Waals surface area contributed by atoms with Crippen molar-refractivity contribution >= 4 is 24.2 Å². The molecule has 9 heteroatoms. The number of hydrogen-bond acceptors (Lipinski definition) is 5. The second-order valence-electron chi connectivity index (χ2n) is 4.71. The summed E-state index contributed by atoms with van der Waals surface area (Å²) in [4.78, 5) is 22.5. The first-order valence-corrected chi connectivity index (χ1v) is 7.05. The molecule has 0 aliphatic carbocycles. The Kier molecular flexibility index (Phi) is 7.73. The van der Waals surface area contributed by atoms with E-state index in [1.807, 2.05) is 30.3 Å². The molecule has 0 aliphatic heterocycles. The van der Waals surface area contributed by atoms with Gasteiger partial charge in [-0.2, -0.15) is 5.10 Å². The number of nitrogens with one attached hydrogen (secondary N) is 2. The Hall–Kier alpha value is -2.58. The molecule has 0 fully saturated rings. The van der Waals surface area contributed by atoms with Gasteiger partial charge in [0.25, 0.3) is 0 Å². The van der Waals surface area contributed by atoms with Crippen molar-refractivity contribution < 1.29 is 14.3 Å². The SMILES string of the molecule is COc1ccc(-n2ccc(CNC(=O)CNC(=O)CN)n2)cc1.Cl. The van der Waals surface area contributed by atoms with Crippen molar-refractivity contribution in [3.05, 3.63) is 42.2 Å². The van der Waals surface area contributed by atoms with Crippen molar-refractivity contribution in [2.45, 2.75) is 6.54 Å². The molecule has 0 saturated carbocycles. The fourth-order valence-electron chi connectivity index (χ4n) is 1.84. The average Bonchev–Trinajstić information content (AvgIpc) is 3.06. The molecule has 8 nitrogen and oxygen atoms in total. The highest BCUT2D eigenvalue weighted by Gasteiger charge is 2.06. The number of nitrogens with two attached hydrogens (primary N) is 1. The summed E-state index contributed by atoms with van der Waals surface area (Å²) in [6, 6.07) is 9.27. The minimum atomic E-state index is -0.371. The number of ether oxygens (including phenoxy) is 1. The number of nitrogens with zero attached hydrogens (tertiary/aromatic N) is 2. The molecule has 0 unspecified atom stereocenters. The Morgan fingerprint density at radius 2 is 1.88 bits per heavy atom. The summed E-state index contributed by atoms with van der Waals surface area (Å²) >= 11 is 0. The quantitative estimate of drug-likeness (QED) is 0.648. The molecular weight excluding hydrogens is 334 g/mol. The number of amides is 2. The van der Waals surface area contributed by atoms with Crippen molar-refractivity contribution in [3.63, 3.8) is 0 Å². The topological polar surface area (TPSA) is 111 Å². The Balaban J connectivity index is 0.00000288. The van der Waals surface area contributed by atoms with Crippen LogP contribution in [0, 0.1) is 0 Å². The first kappa shape index (κ1) is 19.5. The van der Waals surface area contributed by atoms with Gasteiger partial charge in [0.15, 0.2) is 0 Å². The molecule has 0 saturated heterocycles. The predicted molar refractivity (Wildman–Crippen MR) is 91.3 cm³/mol. The number of benzene rings is 1. The van der Waals surface area contributed by atoms with Crippen molar-refractivity contribution in [2.75, 3.05) is 20.2 Å². The van der Waals surface area contributed by atoms with E-state index in [4.69, 9.17) is 10.5 Å². The van der Waals surface area contributed by atoms with Crippen LogP contribution in [0.4, 0.5) is 0 Å². The van der Waals surface area contributed by atoms with Crippen molar-refractivity contribution in [2.24, 2.45) is 5.73 Å². The van der Waals surface area contributed by atoms with E-state index in [0.29, 0.717) is 5.69 Å². The lowest BCUT2D eigenvalue weighted by Crippen LogP contribution is -2.39. The molecule has 2 aromatic rings. The summed E-state index contributed by atoms with van der Waals surface area (Å²) < 4.78 is 6.81. The zero-order valence-electron chi connectivity index (χ0n) is 13.2. The fourth-order valence-corrected chi connectivity index (χ4v) is 1.84. The van der Waals surface area contributed by atoms with Gasteiger partial charge in [-0.05, 0) is 30.3 Å². The summed E-state index contributed by atoms with van der Waals surface area (Å²) in [5.41, 5.74) is 6.73. The van der Waals surface area contributed by atoms with Gasteiger partial charge in [-0.15, -0.1) is 12.4 Å². The number of rotatable bonds is 7. The maximum Gasteiger partial charge on any atom is 0.239 e. The van der Waals surface area contributed by atoms with Gasteiger partial charge in [0.2, 0.25) is 11.8 Å². The summed E-state index contributed by atoms with van der Waals surface area (Å²) in [6.45, 7) is 0.0370. The van der Waals surface area contributed by atoms with Gasteiger partial charge in [-0.1, -0.05) is 0 Å². The Morgan fingerprint density at radius 1 is 1.17 bits per heavy atom. The van der Waals surface area contributed by atoms with Crippen molar-refractivity contribution in [3.8, 4) is 11.4 Å². The molecule has 130 valence electrons. The number of methoxy groups -OCH3 is 1. The first-order valence-electron chi connectivity index (χ1n) is 7.05. The van der Waals surface area contributed by atoms with E-state index in [2.05, 4.69) is 15.7 Å². The van der Waals surface area contributed by atoms with E-state index < -0.39 is 0 Å². The van der Waals surface area contributed by atoms with E-state index in [9.17, 15) is 9.59 Å². The average molecular weight is 354 g/mol. The third-order valence-electron chi connectivity index (χ3n) is 3.08. The monoisotopic (exact) mass is 353 g/mol. The van der Waals surface area contributed by atoms with Gasteiger partial charge >= 0.3 is 0 Å². The predicted octanol–water partition coefficient (Wildman–Crippen LogP) is -0.00620. The van der Waals surface area contributed by atoms with Crippen LogP contribution in [0.5, 0.6) is 5.75 Å². The van der Waals surface area contributed by atoms with Crippen molar-refractivity contribution in [1.82, 2.24) is 20.4 Å². The van der Waals surface area contributed by atoms with Crippen LogP contribution < -0.4 is 21.1 Å². The van der Waals surface area contributed by atoms with E-state index in [0.717, 1.165) is 11.4 Å². The summed E-state index contributed by atoms with van der Waals surface area (Å²) in [5, 5.41) is 9.44. The molecule has 0 aliphatic rings. The molecule has 1 aromatic carbocycles. The van der Waals surface area contributed by atoms with E-state index in [1.165, 1.54) is 0 Å². The third-order valence-corrected chi connectivity index (χ3v) is 3.08. The van der Waals surface area contributed by atoms with Crippen LogP contribution >= 0.6 is 12.4 Å². The van der Waals surface area contributed by atoms with Crippen LogP contribution in [0.15, 0.2) is 36.5 Å². The number of carbonyl (C=O) groups is 2. The second-order valence-corrected chi connectivity index (χ2v) is 4.71. The lowest BCUT2D eigenvalue weighted by atomic mass is 10.3. The molecule has 4 N–H and O–H groups in total. The largest absolute Gasteiger partial charge is 0.497 e. The zero-order valence-corrected chi connectivity index (χ0v) is 14.0. The van der Waals surface area contributed by atoms with Crippen LogP contribution in [0.3, 0.4) is 0 Å². The zero-order chi connectivity index (χ0) is 16.7. The molecule has 24 heavy (non-hydrogen) atoms. The van der Waals surface area contributed by atoms with Crippen LogP contribution in [0.2, 0.25) is 0 Å². The highest BCUT2D eigenvalue weighted by atomic mass is 35.5. The highest BCUT2D eigenvalue weighted by molar-refractivity contribution is 5.85. The molecule has 0 spiro atoms. The second kappa shape index (κ2) is 9.53. The lowest BCUT2D eigenvalue weighted by Gasteiger charge is -2.05. The lowest BCUT2D eigenvalue weighted by molar-refractivity contribution is -0.125. The van der Waals surface area contributed by atoms with Crippen LogP contribution in [-0.4, -0.2) is 41.8 Å². The smallest absolute Gasteiger partial charge is 0.239 e. The molecular formula is C15H20ClN5O3. The van der Waals surface area contributed by atoms with Crippen LogP contribution in [0.1, 0.15) is 5.69 Å². The summed E-state index contributed by atoms with van der Waals surface area (Å²) in [6.07, 6.45) is 1.81. The number of aromatic nitrogens is 2. The number of halogens is 1. The van der Waals surface area contributed by atoms with E-state index in [-0.39, 0.29) is 43.9 Å². The van der Waals surface area contributed by atoms with Gasteiger partial charge in [-0.3, -0.25) is 9.59 Å². The normalized spacial score (nSPS) is 9.75. The summed E-state index contributed by atoms with van der Waals surface area (Å²) in [5.74, 6) is 0.0997. The van der Waals surface area contributed by atoms with Crippen LogP contribution in [0.25, 0.3) is 5.69 Å². The van der Waals surface area contributed by atoms with Gasteiger partial charge in [-0.25, -0.2) is 4.68 Å². The minimum Gasteiger partial charge on any atom is -0.497 e. The maximum atomic E-state index is 11.6. The van der Waals surface area contributed by atoms with E-state index in [1.54, 1.807) is 18.0 Å². The number of carbonyl (C=O) groups excluding carboxylic acids is 2. The summed E-state index contributed by atoms with van der Waals surface area (Å²) in [7, 11) is 1.61. The molecule has 0 atom stereocenters. The Bertz CT molecular complexity index is 672. The fraction of sp³-hybridized carbons (Fsp3) is 0.267. The van der Waals surface area contributed by atoms with Crippen LogP contribution in [-0.2, 0) is 16.1 Å². The minimum absolute atomic E-state index is 0. The van der Waals surface area contributed by atoms with E-state index >= 15 is 0 Å². The van der Waals surface area contributed by atoms with Gasteiger partial charge in [0.1, 0.15) is 5.75 Å². The molecule has 0 bridgehead atoms. The van der Waals surface area contributed by atoms with Gasteiger partial charge in [0.05, 0.1) is 38.1 Å². The number of hydrogen-bond donors (Lipinski definition) is 3. The first-order chi connectivity index (χ1) is 11.1. The molecule has 2 rings (SSSR count). The standard InChI is InChI=1S/C15H19N5O3.ClH/c1-23-13-4-2-12(3-5-13)20-7-6-11(19-20)9-17-15(22)10-18-14(21)8-16;/h2-7H,8-10,16H2,1H3,(H,17,22)(H,18,21);1H. The molecule has 1 aromatic heterocycles. The maximum absolute atomic E-state index is 11.6. The Morgan fingerprint density at radius 3 is 2.50 bits per heavy atom. The molecule has 1 heterocycles. The van der Waals surface area contributed by atoms with Crippen molar-refractivity contribution in [1.29, 1.82) is 0 Å². The van der Waals surface area contributed by atoms with Gasteiger partial charge < -0.3 is 21.1 Å². The van der Waals surface area contributed by atoms with Gasteiger partial charge in [0, 0.05) is 6.20 Å².